The summed E-state index contributed by atoms with van der Waals surface area (Å²) in [5.74, 6) is 0.915. The zero-order valence-electron chi connectivity index (χ0n) is 12.4. The first-order chi connectivity index (χ1) is 10.8. The first-order valence-corrected chi connectivity index (χ1v) is 8.33. The smallest absolute Gasteiger partial charge is 0.122 e. The maximum Gasteiger partial charge on any atom is 0.122 e. The van der Waals surface area contributed by atoms with Gasteiger partial charge < -0.3 is 4.74 Å². The predicted molar refractivity (Wildman–Crippen MR) is 96.5 cm³/mol. The Labute approximate surface area is 139 Å². The summed E-state index contributed by atoms with van der Waals surface area (Å²) in [7, 11) is 1.71. The lowest BCUT2D eigenvalue weighted by atomic mass is 9.94. The standard InChI is InChI=1S/C20H17BrO/c1-22-20-12-11-16(13-17(20)14-21)19-10-6-5-9-18(19)15-7-3-2-4-8-15/h2-13H,14H2,1H3. The Hall–Kier alpha value is -2.06. The Balaban J connectivity index is 2.14. The quantitative estimate of drug-likeness (QED) is 0.529. The minimum absolute atomic E-state index is 0.775. The molecule has 0 unspecified atom stereocenters. The molecule has 0 N–H and O–H groups in total. The third-order valence-corrected chi connectivity index (χ3v) is 4.35. The highest BCUT2D eigenvalue weighted by atomic mass is 79.9. The highest BCUT2D eigenvalue weighted by Crippen LogP contribution is 2.34. The molecule has 3 rings (SSSR count). The molecular formula is C20H17BrO. The van der Waals surface area contributed by atoms with E-state index in [1.54, 1.807) is 7.11 Å². The van der Waals surface area contributed by atoms with E-state index in [4.69, 9.17) is 4.74 Å². The Morgan fingerprint density at radius 1 is 0.773 bits per heavy atom. The topological polar surface area (TPSA) is 9.23 Å². The molecule has 3 aromatic rings. The van der Waals surface area contributed by atoms with Gasteiger partial charge in [0.05, 0.1) is 7.11 Å². The first kappa shape index (κ1) is 14.9. The molecule has 1 nitrogen and oxygen atoms in total. The van der Waals surface area contributed by atoms with E-state index in [1.807, 2.05) is 12.1 Å². The van der Waals surface area contributed by atoms with Gasteiger partial charge in [0.2, 0.25) is 0 Å². The average Bonchev–Trinajstić information content (AvgIpc) is 2.62. The molecule has 110 valence electrons. The second-order valence-electron chi connectivity index (χ2n) is 5.07. The molecule has 22 heavy (non-hydrogen) atoms. The third-order valence-electron chi connectivity index (χ3n) is 3.75. The lowest BCUT2D eigenvalue weighted by molar-refractivity contribution is 0.411. The van der Waals surface area contributed by atoms with Gasteiger partial charge in [0.25, 0.3) is 0 Å². The summed E-state index contributed by atoms with van der Waals surface area (Å²) < 4.78 is 5.41. The van der Waals surface area contributed by atoms with Crippen LogP contribution in [0, 0.1) is 0 Å². The molecule has 2 heteroatoms. The van der Waals surface area contributed by atoms with Gasteiger partial charge >= 0.3 is 0 Å². The van der Waals surface area contributed by atoms with Crippen LogP contribution in [0.25, 0.3) is 22.3 Å². The second kappa shape index (κ2) is 6.80. The minimum atomic E-state index is 0.775. The molecule has 3 aromatic carbocycles. The average molecular weight is 353 g/mol. The van der Waals surface area contributed by atoms with E-state index in [1.165, 1.54) is 22.3 Å². The summed E-state index contributed by atoms with van der Waals surface area (Å²) in [5.41, 5.74) is 6.07. The summed E-state index contributed by atoms with van der Waals surface area (Å²) in [6.07, 6.45) is 0. The van der Waals surface area contributed by atoms with Crippen LogP contribution in [0.1, 0.15) is 5.56 Å². The van der Waals surface area contributed by atoms with Crippen LogP contribution < -0.4 is 4.74 Å². The molecule has 0 atom stereocenters. The van der Waals surface area contributed by atoms with Crippen molar-refractivity contribution in [1.82, 2.24) is 0 Å². The fourth-order valence-electron chi connectivity index (χ4n) is 2.65. The van der Waals surface area contributed by atoms with Crippen molar-refractivity contribution in [2.24, 2.45) is 0 Å². The molecule has 0 fully saturated rings. The normalized spacial score (nSPS) is 10.5. The molecule has 0 bridgehead atoms. The van der Waals surface area contributed by atoms with Gasteiger partial charge in [-0.05, 0) is 34.4 Å². The predicted octanol–water partition coefficient (Wildman–Crippen LogP) is 5.92. The molecule has 0 heterocycles. The van der Waals surface area contributed by atoms with E-state index in [-0.39, 0.29) is 0 Å². The Morgan fingerprint density at radius 3 is 2.05 bits per heavy atom. The lowest BCUT2D eigenvalue weighted by Crippen LogP contribution is -1.91. The van der Waals surface area contributed by atoms with E-state index in [2.05, 4.69) is 76.6 Å². The molecule has 0 amide bonds. The second-order valence-corrected chi connectivity index (χ2v) is 5.63. The summed E-state index contributed by atoms with van der Waals surface area (Å²) in [4.78, 5) is 0. The number of hydrogen-bond acceptors (Lipinski definition) is 1. The maximum atomic E-state index is 5.41. The van der Waals surface area contributed by atoms with Crippen molar-refractivity contribution in [2.75, 3.05) is 7.11 Å². The molecule has 0 spiro atoms. The number of methoxy groups -OCH3 is 1. The van der Waals surface area contributed by atoms with E-state index in [9.17, 15) is 0 Å². The van der Waals surface area contributed by atoms with Gasteiger partial charge in [-0.1, -0.05) is 76.6 Å². The maximum absolute atomic E-state index is 5.41. The van der Waals surface area contributed by atoms with Gasteiger partial charge in [-0.2, -0.15) is 0 Å². The molecule has 0 radical (unpaired) electrons. The molecule has 0 aliphatic rings. The van der Waals surface area contributed by atoms with Gasteiger partial charge in [0.15, 0.2) is 0 Å². The minimum Gasteiger partial charge on any atom is -0.496 e. The van der Waals surface area contributed by atoms with Crippen molar-refractivity contribution in [1.29, 1.82) is 0 Å². The SMILES string of the molecule is COc1ccc(-c2ccccc2-c2ccccc2)cc1CBr. The third kappa shape index (κ3) is 2.93. The van der Waals surface area contributed by atoms with Crippen molar-refractivity contribution in [2.45, 2.75) is 5.33 Å². The van der Waals surface area contributed by atoms with Crippen molar-refractivity contribution in [3.63, 3.8) is 0 Å². The van der Waals surface area contributed by atoms with Gasteiger partial charge in [-0.3, -0.25) is 0 Å². The van der Waals surface area contributed by atoms with Gasteiger partial charge in [0.1, 0.15) is 5.75 Å². The van der Waals surface area contributed by atoms with E-state index in [0.29, 0.717) is 0 Å². The van der Waals surface area contributed by atoms with Crippen LogP contribution in [0.2, 0.25) is 0 Å². The zero-order chi connectivity index (χ0) is 15.4. The molecule has 0 saturated heterocycles. The summed E-state index contributed by atoms with van der Waals surface area (Å²) in [6, 6.07) is 25.3. The fraction of sp³-hybridized carbons (Fsp3) is 0.100. The van der Waals surface area contributed by atoms with Crippen LogP contribution in [0.4, 0.5) is 0 Å². The molecule has 0 aromatic heterocycles. The number of ether oxygens (including phenoxy) is 1. The van der Waals surface area contributed by atoms with Crippen molar-refractivity contribution < 1.29 is 4.74 Å². The Kier molecular flexibility index (Phi) is 4.59. The summed E-state index contributed by atoms with van der Waals surface area (Å²) in [5, 5.41) is 0.775. The van der Waals surface area contributed by atoms with Crippen LogP contribution >= 0.6 is 15.9 Å². The lowest BCUT2D eigenvalue weighted by Gasteiger charge is -2.13. The number of benzene rings is 3. The van der Waals surface area contributed by atoms with E-state index >= 15 is 0 Å². The monoisotopic (exact) mass is 352 g/mol. The van der Waals surface area contributed by atoms with Crippen molar-refractivity contribution in [3.05, 3.63) is 78.4 Å². The highest BCUT2D eigenvalue weighted by Gasteiger charge is 2.09. The Morgan fingerprint density at radius 2 is 1.41 bits per heavy atom. The number of alkyl halides is 1. The first-order valence-electron chi connectivity index (χ1n) is 7.21. The van der Waals surface area contributed by atoms with Crippen LogP contribution in [0.5, 0.6) is 5.75 Å². The van der Waals surface area contributed by atoms with Crippen LogP contribution in [0.15, 0.2) is 72.8 Å². The van der Waals surface area contributed by atoms with Gasteiger partial charge in [-0.15, -0.1) is 0 Å². The molecular weight excluding hydrogens is 336 g/mol. The number of hydrogen-bond donors (Lipinski definition) is 0. The van der Waals surface area contributed by atoms with Crippen molar-refractivity contribution >= 4 is 15.9 Å². The zero-order valence-corrected chi connectivity index (χ0v) is 14.0. The summed E-state index contributed by atoms with van der Waals surface area (Å²) >= 11 is 3.54. The van der Waals surface area contributed by atoms with Gasteiger partial charge in [-0.25, -0.2) is 0 Å². The van der Waals surface area contributed by atoms with Gasteiger partial charge in [0, 0.05) is 10.9 Å². The molecule has 0 aliphatic heterocycles. The van der Waals surface area contributed by atoms with E-state index < -0.39 is 0 Å². The van der Waals surface area contributed by atoms with E-state index in [0.717, 1.165) is 16.6 Å². The molecule has 0 saturated carbocycles. The van der Waals surface area contributed by atoms with Crippen molar-refractivity contribution in [3.8, 4) is 28.0 Å². The number of halogens is 1. The Bertz CT molecular complexity index is 766. The summed E-state index contributed by atoms with van der Waals surface area (Å²) in [6.45, 7) is 0. The number of rotatable bonds is 4. The van der Waals surface area contributed by atoms with Crippen LogP contribution in [0.3, 0.4) is 0 Å². The molecule has 0 aliphatic carbocycles. The highest BCUT2D eigenvalue weighted by molar-refractivity contribution is 9.08. The fourth-order valence-corrected chi connectivity index (χ4v) is 3.09. The van der Waals surface area contributed by atoms with Crippen LogP contribution in [-0.2, 0) is 5.33 Å². The van der Waals surface area contributed by atoms with Crippen LogP contribution in [-0.4, -0.2) is 7.11 Å². The largest absolute Gasteiger partial charge is 0.496 e.